The van der Waals surface area contributed by atoms with E-state index < -0.39 is 0 Å². The number of hydrazone groups is 1. The van der Waals surface area contributed by atoms with Crippen molar-refractivity contribution in [1.29, 1.82) is 0 Å². The Labute approximate surface area is 197 Å². The third-order valence-corrected chi connectivity index (χ3v) is 6.95. The predicted molar refractivity (Wildman–Crippen MR) is 140 cm³/mol. The number of anilines is 1. The van der Waals surface area contributed by atoms with Gasteiger partial charge in [-0.3, -0.25) is 5.43 Å². The van der Waals surface area contributed by atoms with Gasteiger partial charge in [0.25, 0.3) is 0 Å². The quantitative estimate of drug-likeness (QED) is 0.226. The van der Waals surface area contributed by atoms with Gasteiger partial charge in [0.2, 0.25) is 0 Å². The summed E-state index contributed by atoms with van der Waals surface area (Å²) in [5, 5.41) is 5.30. The van der Waals surface area contributed by atoms with Crippen LogP contribution in [0.2, 0.25) is 0 Å². The second-order valence-corrected chi connectivity index (χ2v) is 9.46. The van der Waals surface area contributed by atoms with E-state index in [-0.39, 0.29) is 5.41 Å². The lowest BCUT2D eigenvalue weighted by Crippen LogP contribution is -2.23. The third-order valence-electron chi connectivity index (χ3n) is 5.91. The molecule has 0 radical (unpaired) electrons. The van der Waals surface area contributed by atoms with Crippen LogP contribution in [-0.2, 0) is 5.41 Å². The van der Waals surface area contributed by atoms with Gasteiger partial charge in [-0.1, -0.05) is 62.4 Å². The first kappa shape index (κ1) is 21.1. The maximum atomic E-state index is 4.78. The summed E-state index contributed by atoms with van der Waals surface area (Å²) in [5.41, 5.74) is 8.59. The molecule has 0 saturated carbocycles. The number of hydrogen-bond acceptors (Lipinski definition) is 5. The molecule has 0 aliphatic carbocycles. The predicted octanol–water partition coefficient (Wildman–Crippen LogP) is 6.26. The normalized spacial score (nSPS) is 16.6. The molecule has 5 rings (SSSR count). The van der Waals surface area contributed by atoms with Crippen molar-refractivity contribution in [2.24, 2.45) is 10.1 Å². The molecule has 1 aromatic heterocycles. The van der Waals surface area contributed by atoms with Crippen molar-refractivity contribution in [3.05, 3.63) is 101 Å². The Morgan fingerprint density at radius 1 is 0.970 bits per heavy atom. The average molecular weight is 452 g/mol. The monoisotopic (exact) mass is 451 g/mol. The Bertz CT molecular complexity index is 1350. The van der Waals surface area contributed by atoms with Crippen molar-refractivity contribution >= 4 is 45.0 Å². The molecular formula is C27H25N5S. The van der Waals surface area contributed by atoms with Crippen LogP contribution in [-0.4, -0.2) is 24.1 Å². The number of allylic oxidation sites excluding steroid dienone is 2. The summed E-state index contributed by atoms with van der Waals surface area (Å²) in [6, 6.07) is 26.5. The molecule has 0 unspecified atom stereocenters. The summed E-state index contributed by atoms with van der Waals surface area (Å²) in [6.07, 6.45) is 3.86. The van der Waals surface area contributed by atoms with E-state index >= 15 is 0 Å². The van der Waals surface area contributed by atoms with Gasteiger partial charge in [-0.2, -0.15) is 5.10 Å². The van der Waals surface area contributed by atoms with Crippen molar-refractivity contribution in [3.8, 4) is 0 Å². The van der Waals surface area contributed by atoms with Crippen LogP contribution < -0.4 is 10.3 Å². The van der Waals surface area contributed by atoms with Gasteiger partial charge >= 0.3 is 0 Å². The van der Waals surface area contributed by atoms with Gasteiger partial charge in [0, 0.05) is 30.1 Å². The molecule has 1 aliphatic heterocycles. The molecule has 0 amide bonds. The number of aromatic nitrogens is 1. The molecule has 0 bridgehead atoms. The molecule has 6 heteroatoms. The molecular weight excluding hydrogens is 426 g/mol. The fourth-order valence-corrected chi connectivity index (χ4v) is 5.14. The largest absolute Gasteiger partial charge is 0.347 e. The zero-order valence-electron chi connectivity index (χ0n) is 18.9. The number of thiazole rings is 1. The van der Waals surface area contributed by atoms with Gasteiger partial charge in [-0.05, 0) is 42.0 Å². The molecule has 0 saturated heterocycles. The molecule has 33 heavy (non-hydrogen) atoms. The minimum atomic E-state index is -0.0919. The molecule has 5 nitrogen and oxygen atoms in total. The number of nitrogens with one attached hydrogen (secondary N) is 1. The highest BCUT2D eigenvalue weighted by Crippen LogP contribution is 2.46. The molecule has 0 atom stereocenters. The zero-order chi connectivity index (χ0) is 22.8. The molecule has 0 fully saturated rings. The fraction of sp³-hybridized carbons (Fsp3) is 0.148. The van der Waals surface area contributed by atoms with Crippen molar-refractivity contribution in [1.82, 2.24) is 10.4 Å². The van der Waals surface area contributed by atoms with Gasteiger partial charge in [0.15, 0.2) is 10.8 Å². The minimum Gasteiger partial charge on any atom is -0.347 e. The van der Waals surface area contributed by atoms with Crippen LogP contribution in [0.4, 0.5) is 11.4 Å². The number of fused-ring (bicyclic) bond motifs is 2. The summed E-state index contributed by atoms with van der Waals surface area (Å²) < 4.78 is 1.12. The summed E-state index contributed by atoms with van der Waals surface area (Å²) in [5.74, 6) is 0.624. The second kappa shape index (κ2) is 8.64. The van der Waals surface area contributed by atoms with E-state index in [1.165, 1.54) is 16.9 Å². The molecule has 4 aromatic rings. The van der Waals surface area contributed by atoms with E-state index in [1.807, 2.05) is 48.5 Å². The number of para-hydroxylation sites is 3. The standard InChI is InChI=1S/C27H25N5S/c1-27(2)20-13-7-9-15-22(20)32(3)24(27)17-18-28-31-25(29-19-11-5-4-6-12-19)26-30-21-14-8-10-16-23(21)33-26/h4-18H,1-3H3,(H,29,31)/b24-17?,28-18+. The summed E-state index contributed by atoms with van der Waals surface area (Å²) in [6.45, 7) is 4.48. The van der Waals surface area contributed by atoms with Gasteiger partial charge in [-0.25, -0.2) is 9.98 Å². The van der Waals surface area contributed by atoms with Crippen LogP contribution in [0, 0.1) is 0 Å². The molecule has 3 aromatic carbocycles. The molecule has 0 spiro atoms. The number of aliphatic imine (C=N–C) groups is 1. The van der Waals surface area contributed by atoms with Gasteiger partial charge in [0.1, 0.15) is 0 Å². The molecule has 1 N–H and O–H groups in total. The van der Waals surface area contributed by atoms with Crippen molar-refractivity contribution in [3.63, 3.8) is 0 Å². The van der Waals surface area contributed by atoms with Crippen molar-refractivity contribution in [2.45, 2.75) is 19.3 Å². The first-order valence-electron chi connectivity index (χ1n) is 10.9. The van der Waals surface area contributed by atoms with Gasteiger partial charge in [0.05, 0.1) is 15.9 Å². The first-order chi connectivity index (χ1) is 16.0. The smallest absolute Gasteiger partial charge is 0.183 e. The van der Waals surface area contributed by atoms with E-state index in [0.29, 0.717) is 5.84 Å². The fourth-order valence-electron chi connectivity index (χ4n) is 4.23. The average Bonchev–Trinajstić information content (AvgIpc) is 3.35. The van der Waals surface area contributed by atoms with Crippen LogP contribution in [0.1, 0.15) is 24.4 Å². The van der Waals surface area contributed by atoms with Crippen molar-refractivity contribution in [2.75, 3.05) is 11.9 Å². The lowest BCUT2D eigenvalue weighted by Gasteiger charge is -2.23. The number of amidine groups is 1. The number of rotatable bonds is 4. The van der Waals surface area contributed by atoms with E-state index in [0.717, 1.165) is 20.9 Å². The highest BCUT2D eigenvalue weighted by atomic mass is 32.1. The Balaban J connectivity index is 1.44. The molecule has 2 heterocycles. The topological polar surface area (TPSA) is 52.9 Å². The SMILES string of the molecule is CN1C(=C/C=N/NC(=Nc2ccccc2)c2nc3ccccc3s2)C(C)(C)c2ccccc21. The Kier molecular flexibility index (Phi) is 5.52. The highest BCUT2D eigenvalue weighted by Gasteiger charge is 2.37. The first-order valence-corrected chi connectivity index (χ1v) is 11.7. The van der Waals surface area contributed by atoms with Crippen LogP contribution in [0.15, 0.2) is 101 Å². The Morgan fingerprint density at radius 2 is 1.70 bits per heavy atom. The van der Waals surface area contributed by atoms with E-state index in [1.54, 1.807) is 17.6 Å². The van der Waals surface area contributed by atoms with Gasteiger partial charge < -0.3 is 4.90 Å². The number of likely N-dealkylation sites (N-methyl/N-ethyl adjacent to an activating group) is 1. The molecule has 164 valence electrons. The van der Waals surface area contributed by atoms with Crippen molar-refractivity contribution < 1.29 is 0 Å². The number of nitrogens with zero attached hydrogens (tertiary/aromatic N) is 4. The molecule has 1 aliphatic rings. The number of benzene rings is 3. The summed E-state index contributed by atoms with van der Waals surface area (Å²) in [4.78, 5) is 11.8. The zero-order valence-corrected chi connectivity index (χ0v) is 19.7. The Hall–Kier alpha value is -3.77. The van der Waals surface area contributed by atoms with E-state index in [9.17, 15) is 0 Å². The maximum absolute atomic E-state index is 4.78. The minimum absolute atomic E-state index is 0.0919. The second-order valence-electron chi connectivity index (χ2n) is 8.43. The van der Waals surface area contributed by atoms with Crippen LogP contribution in [0.3, 0.4) is 0 Å². The summed E-state index contributed by atoms with van der Waals surface area (Å²) >= 11 is 1.60. The van der Waals surface area contributed by atoms with Crippen LogP contribution >= 0.6 is 11.3 Å². The van der Waals surface area contributed by atoms with E-state index in [2.05, 4.69) is 72.7 Å². The Morgan fingerprint density at radius 3 is 2.48 bits per heavy atom. The lowest BCUT2D eigenvalue weighted by molar-refractivity contribution is 0.641. The van der Waals surface area contributed by atoms with Crippen LogP contribution in [0.5, 0.6) is 0 Å². The van der Waals surface area contributed by atoms with Crippen LogP contribution in [0.25, 0.3) is 10.2 Å². The third kappa shape index (κ3) is 4.05. The number of hydrogen-bond donors (Lipinski definition) is 1. The van der Waals surface area contributed by atoms with E-state index in [4.69, 9.17) is 9.98 Å². The maximum Gasteiger partial charge on any atom is 0.183 e. The highest BCUT2D eigenvalue weighted by molar-refractivity contribution is 7.20. The lowest BCUT2D eigenvalue weighted by atomic mass is 9.84. The van der Waals surface area contributed by atoms with Gasteiger partial charge in [-0.15, -0.1) is 11.3 Å². The summed E-state index contributed by atoms with van der Waals surface area (Å²) in [7, 11) is 2.10.